The number of fused-ring (bicyclic) bond motifs is 1. The van der Waals surface area contributed by atoms with Gasteiger partial charge >= 0.3 is 0 Å². The molecule has 3 atom stereocenters. The van der Waals surface area contributed by atoms with Gasteiger partial charge in [0, 0.05) is 11.1 Å². The highest BCUT2D eigenvalue weighted by atomic mass is 32.2. The summed E-state index contributed by atoms with van der Waals surface area (Å²) in [5, 5.41) is 4.59. The first-order chi connectivity index (χ1) is 15.5. The maximum Gasteiger partial charge on any atom is 0.276 e. The van der Waals surface area contributed by atoms with Crippen molar-refractivity contribution in [2.45, 2.75) is 121 Å². The first-order valence-corrected chi connectivity index (χ1v) is 16.9. The minimum atomic E-state index is -3.70. The largest absolute Gasteiger partial charge is 0.409 e. The van der Waals surface area contributed by atoms with Crippen LogP contribution in [-0.4, -0.2) is 40.3 Å². The van der Waals surface area contributed by atoms with Crippen LogP contribution in [0.4, 0.5) is 0 Å². The quantitative estimate of drug-likeness (QED) is 0.368. The van der Waals surface area contributed by atoms with Gasteiger partial charge in [-0.3, -0.25) is 0 Å². The van der Waals surface area contributed by atoms with Crippen molar-refractivity contribution in [2.75, 3.05) is 0 Å². The van der Waals surface area contributed by atoms with Crippen LogP contribution in [0.1, 0.15) is 79.2 Å². The third kappa shape index (κ3) is 5.60. The minimum absolute atomic E-state index is 0.00306. The molecule has 0 bridgehead atoms. The summed E-state index contributed by atoms with van der Waals surface area (Å²) in [4.78, 5) is 2.72. The number of hydrogen-bond acceptors (Lipinski definition) is 5. The molecule has 1 aliphatic heterocycles. The van der Waals surface area contributed by atoms with Crippen molar-refractivity contribution in [2.24, 2.45) is 10.5 Å². The Morgan fingerprint density at radius 1 is 1.12 bits per heavy atom. The monoisotopic (exact) mass is 508 g/mol. The van der Waals surface area contributed by atoms with E-state index in [1.54, 1.807) is 24.3 Å². The summed E-state index contributed by atoms with van der Waals surface area (Å²) < 4.78 is 39.1. The summed E-state index contributed by atoms with van der Waals surface area (Å²) in [6.07, 6.45) is 4.43. The molecule has 0 aromatic heterocycles. The number of hydrogen-bond donors (Lipinski definition) is 1. The third-order valence-corrected chi connectivity index (χ3v) is 14.1. The van der Waals surface area contributed by atoms with Crippen molar-refractivity contribution in [3.8, 4) is 0 Å². The molecule has 2 fully saturated rings. The molecule has 1 heterocycles. The predicted octanol–water partition coefficient (Wildman–Crippen LogP) is 6.17. The lowest BCUT2D eigenvalue weighted by Crippen LogP contribution is -2.58. The van der Waals surface area contributed by atoms with Crippen LogP contribution in [0, 0.1) is 12.3 Å². The van der Waals surface area contributed by atoms with E-state index in [1.807, 2.05) is 6.92 Å². The van der Waals surface area contributed by atoms with Crippen molar-refractivity contribution in [3.05, 3.63) is 29.8 Å². The van der Waals surface area contributed by atoms with Gasteiger partial charge in [-0.05, 0) is 83.1 Å². The maximum atomic E-state index is 12.8. The summed E-state index contributed by atoms with van der Waals surface area (Å²) in [5.74, 6) is 0. The van der Waals surface area contributed by atoms with E-state index in [0.29, 0.717) is 0 Å². The van der Waals surface area contributed by atoms with Crippen LogP contribution in [0.5, 0.6) is 0 Å². The molecule has 1 saturated heterocycles. The number of rotatable bonds is 6. The molecule has 0 radical (unpaired) electrons. The number of nitrogens with zero attached hydrogens (tertiary/aromatic N) is 1. The number of benzene rings is 1. The van der Waals surface area contributed by atoms with E-state index in [-0.39, 0.29) is 33.2 Å². The average molecular weight is 509 g/mol. The van der Waals surface area contributed by atoms with Gasteiger partial charge in [-0.15, -0.1) is 0 Å². The van der Waals surface area contributed by atoms with Gasteiger partial charge < -0.3 is 9.16 Å². The highest BCUT2D eigenvalue weighted by Crippen LogP contribution is 2.48. The van der Waals surface area contributed by atoms with E-state index < -0.39 is 18.3 Å². The number of aryl methyl sites for hydroxylation is 1. The summed E-state index contributed by atoms with van der Waals surface area (Å²) in [7, 11) is -5.65. The van der Waals surface area contributed by atoms with Crippen LogP contribution >= 0.6 is 0 Å². The Hall–Kier alpha value is -1.22. The Labute approximate surface area is 208 Å². The van der Waals surface area contributed by atoms with Crippen molar-refractivity contribution >= 4 is 24.1 Å². The molecule has 0 spiro atoms. The fourth-order valence-corrected chi connectivity index (χ4v) is 7.51. The molecule has 192 valence electrons. The highest BCUT2D eigenvalue weighted by Gasteiger charge is 2.51. The van der Waals surface area contributed by atoms with Crippen molar-refractivity contribution < 1.29 is 17.6 Å². The van der Waals surface area contributed by atoms with E-state index in [4.69, 9.17) is 9.16 Å². The van der Waals surface area contributed by atoms with Crippen LogP contribution < -0.4 is 4.83 Å². The Kier molecular flexibility index (Phi) is 7.52. The molecule has 1 aliphatic carbocycles. The SMILES string of the molecule is Cc1ccc(S(=O)(=O)N/N=C2\CCCC3OC(C(C)(C)O[Si](C)(C)C(C)(C)C)CCC23C)cc1. The Balaban J connectivity index is 1.76. The fourth-order valence-electron chi connectivity index (χ4n) is 4.92. The number of ether oxygens (including phenoxy) is 1. The second kappa shape index (κ2) is 9.34. The second-order valence-corrected chi connectivity index (χ2v) is 18.8. The number of hydrazone groups is 1. The molecule has 3 rings (SSSR count). The third-order valence-electron chi connectivity index (χ3n) is 8.24. The van der Waals surface area contributed by atoms with E-state index in [1.165, 1.54) is 0 Å². The number of sulfonamides is 1. The summed E-state index contributed by atoms with van der Waals surface area (Å²) in [6.45, 7) is 19.8. The predicted molar refractivity (Wildman–Crippen MR) is 141 cm³/mol. The topological polar surface area (TPSA) is 77.0 Å². The number of nitrogens with one attached hydrogen (secondary N) is 1. The highest BCUT2D eigenvalue weighted by molar-refractivity contribution is 7.89. The lowest BCUT2D eigenvalue weighted by Gasteiger charge is -2.53. The average Bonchev–Trinajstić information content (AvgIpc) is 2.70. The molecule has 34 heavy (non-hydrogen) atoms. The minimum Gasteiger partial charge on any atom is -0.409 e. The van der Waals surface area contributed by atoms with Gasteiger partial charge in [0.25, 0.3) is 10.0 Å². The zero-order valence-corrected chi connectivity index (χ0v) is 24.3. The van der Waals surface area contributed by atoms with Gasteiger partial charge in [0.05, 0.1) is 22.7 Å². The Morgan fingerprint density at radius 2 is 1.74 bits per heavy atom. The molecule has 6 nitrogen and oxygen atoms in total. The standard InChI is InChI=1S/C26H44N2O4SSi/c1-19-13-15-20(16-14-19)33(29,30)28-27-21-11-10-12-23-26(21,7)18-17-22(31-23)25(5,6)32-34(8,9)24(2,3)4/h13-16,22-23,28H,10-12,17-18H2,1-9H3/b27-21+. The van der Waals surface area contributed by atoms with Crippen LogP contribution in [-0.2, 0) is 19.2 Å². The van der Waals surface area contributed by atoms with Gasteiger partial charge in [0.15, 0.2) is 8.32 Å². The van der Waals surface area contributed by atoms with Crippen LogP contribution in [0.2, 0.25) is 18.1 Å². The summed E-state index contributed by atoms with van der Waals surface area (Å²) in [5.41, 5.74) is 1.24. The lowest BCUT2D eigenvalue weighted by molar-refractivity contribution is -0.169. The molecule has 8 heteroatoms. The first kappa shape index (κ1) is 27.4. The molecule has 2 aliphatic rings. The molecule has 1 aromatic rings. The molecular weight excluding hydrogens is 464 g/mol. The fraction of sp³-hybridized carbons (Fsp3) is 0.731. The molecule has 1 N–H and O–H groups in total. The second-order valence-electron chi connectivity index (χ2n) is 12.4. The van der Waals surface area contributed by atoms with E-state index >= 15 is 0 Å². The normalized spacial score (nSPS) is 28.0. The van der Waals surface area contributed by atoms with Crippen molar-refractivity contribution in [1.29, 1.82) is 0 Å². The van der Waals surface area contributed by atoms with Crippen LogP contribution in [0.3, 0.4) is 0 Å². The van der Waals surface area contributed by atoms with E-state index in [0.717, 1.165) is 43.4 Å². The zero-order chi connectivity index (χ0) is 25.6. The Bertz CT molecular complexity index is 1010. The first-order valence-electron chi connectivity index (χ1n) is 12.5. The smallest absolute Gasteiger partial charge is 0.276 e. The molecule has 3 unspecified atom stereocenters. The van der Waals surface area contributed by atoms with Gasteiger partial charge in [0.1, 0.15) is 0 Å². The summed E-state index contributed by atoms with van der Waals surface area (Å²) in [6, 6.07) is 6.81. The van der Waals surface area contributed by atoms with Gasteiger partial charge in [-0.2, -0.15) is 13.5 Å². The van der Waals surface area contributed by atoms with Gasteiger partial charge in [0.2, 0.25) is 0 Å². The maximum absolute atomic E-state index is 12.8. The van der Waals surface area contributed by atoms with Crippen molar-refractivity contribution in [3.63, 3.8) is 0 Å². The van der Waals surface area contributed by atoms with Crippen LogP contribution in [0.25, 0.3) is 0 Å². The van der Waals surface area contributed by atoms with Crippen molar-refractivity contribution in [1.82, 2.24) is 4.83 Å². The van der Waals surface area contributed by atoms with Gasteiger partial charge in [-0.1, -0.05) is 45.4 Å². The zero-order valence-electron chi connectivity index (χ0n) is 22.5. The molecule has 0 amide bonds. The van der Waals surface area contributed by atoms with Crippen LogP contribution in [0.15, 0.2) is 34.3 Å². The lowest BCUT2D eigenvalue weighted by atomic mass is 9.66. The molecule has 1 saturated carbocycles. The van der Waals surface area contributed by atoms with Gasteiger partial charge in [-0.25, -0.2) is 4.83 Å². The molecular formula is C26H44N2O4SSi. The Morgan fingerprint density at radius 3 is 2.32 bits per heavy atom. The van der Waals surface area contributed by atoms with E-state index in [2.05, 4.69) is 64.6 Å². The summed E-state index contributed by atoms with van der Waals surface area (Å²) >= 11 is 0. The van der Waals surface area contributed by atoms with E-state index in [9.17, 15) is 8.42 Å². The molecule has 1 aromatic carbocycles.